The van der Waals surface area contributed by atoms with Crippen LogP contribution in [0.25, 0.3) is 11.1 Å². The summed E-state index contributed by atoms with van der Waals surface area (Å²) < 4.78 is 53.4. The number of imide groups is 1. The average molecular weight is 1000 g/mol. The number of nitrogens with one attached hydrogen (secondary N) is 2. The molecule has 3 aromatic rings. The number of carboxylic acid groups (broad SMARTS) is 1. The van der Waals surface area contributed by atoms with Crippen LogP contribution in [-0.2, 0) is 54.3 Å². The van der Waals surface area contributed by atoms with E-state index in [2.05, 4.69) is 10.6 Å². The number of thioether (sulfide) groups is 1. The number of halogens is 2. The van der Waals surface area contributed by atoms with Gasteiger partial charge in [0.25, 0.3) is 0 Å². The van der Waals surface area contributed by atoms with Crippen LogP contribution in [0.5, 0.6) is 0 Å². The van der Waals surface area contributed by atoms with Crippen molar-refractivity contribution in [2.45, 2.75) is 78.4 Å². The Morgan fingerprint density at radius 1 is 0.900 bits per heavy atom. The standard InChI is InChI=1S/C50H70F2N6O11S/c1-35-29-45(61)58(48(35)63)19-13-43(59)54-17-21-67-23-25-69-27-26-68-24-22-66-20-14-44(60)55-41(49(64)65)15-28-70-34-46(62)57(18-8-16-53)47(50(2,3)4)42-30-37(39-31-38(51)11-12-40(39)52)33-56(42)32-36-9-6-5-7-10-36/h5-7,9-12,30-31,33,35,41,47H,8,13-29,32,34,53H2,1-4H3,(H,54,59)(H,55,60)(H,64,65)/t35?,41?,47-/m0/s1. The maximum Gasteiger partial charge on any atom is 0.326 e. The number of carboxylic acids is 1. The molecular weight excluding hydrogens is 931 g/mol. The van der Waals surface area contributed by atoms with Gasteiger partial charge in [-0.2, -0.15) is 11.8 Å². The van der Waals surface area contributed by atoms with Crippen molar-refractivity contribution in [3.05, 3.63) is 83.7 Å². The first-order valence-corrected chi connectivity index (χ1v) is 24.9. The lowest BCUT2D eigenvalue weighted by atomic mass is 9.83. The lowest BCUT2D eigenvalue weighted by Gasteiger charge is -2.41. The third kappa shape index (κ3) is 19.2. The van der Waals surface area contributed by atoms with Crippen LogP contribution in [0.2, 0.25) is 0 Å². The molecule has 1 fully saturated rings. The Morgan fingerprint density at radius 2 is 1.56 bits per heavy atom. The van der Waals surface area contributed by atoms with E-state index in [1.165, 1.54) is 11.8 Å². The summed E-state index contributed by atoms with van der Waals surface area (Å²) in [4.78, 5) is 77.6. The average Bonchev–Trinajstić information content (AvgIpc) is 3.83. The van der Waals surface area contributed by atoms with Gasteiger partial charge in [0.2, 0.25) is 29.5 Å². The van der Waals surface area contributed by atoms with Crippen LogP contribution in [0.15, 0.2) is 60.8 Å². The molecule has 20 heteroatoms. The van der Waals surface area contributed by atoms with Crippen molar-refractivity contribution in [3.63, 3.8) is 0 Å². The van der Waals surface area contributed by atoms with Gasteiger partial charge in [0.15, 0.2) is 0 Å². The Hall–Kier alpha value is -5.25. The van der Waals surface area contributed by atoms with E-state index in [1.54, 1.807) is 18.0 Å². The molecule has 0 radical (unpaired) electrons. The zero-order chi connectivity index (χ0) is 51.1. The third-order valence-corrected chi connectivity index (χ3v) is 12.3. The van der Waals surface area contributed by atoms with Gasteiger partial charge in [-0.15, -0.1) is 0 Å². The summed E-state index contributed by atoms with van der Waals surface area (Å²) in [6.07, 6.45) is 2.52. The predicted molar refractivity (Wildman–Crippen MR) is 260 cm³/mol. The van der Waals surface area contributed by atoms with E-state index in [0.29, 0.717) is 58.0 Å². The normalized spacial score (nSPS) is 14.7. The van der Waals surface area contributed by atoms with Gasteiger partial charge in [-0.25, -0.2) is 13.6 Å². The summed E-state index contributed by atoms with van der Waals surface area (Å²) >= 11 is 1.26. The molecule has 70 heavy (non-hydrogen) atoms. The van der Waals surface area contributed by atoms with Gasteiger partial charge in [0.1, 0.15) is 17.7 Å². The van der Waals surface area contributed by atoms with Crippen LogP contribution < -0.4 is 16.4 Å². The lowest BCUT2D eigenvalue weighted by Crippen LogP contribution is -2.44. The number of likely N-dealkylation sites (tertiary alicyclic amines) is 1. The Labute approximate surface area is 413 Å². The van der Waals surface area contributed by atoms with E-state index in [-0.39, 0.29) is 112 Å². The fourth-order valence-electron chi connectivity index (χ4n) is 7.81. The molecule has 2 aromatic carbocycles. The lowest BCUT2D eigenvalue weighted by molar-refractivity contribution is -0.142. The third-order valence-electron chi connectivity index (χ3n) is 11.3. The molecule has 0 aliphatic carbocycles. The van der Waals surface area contributed by atoms with Crippen molar-refractivity contribution in [2.24, 2.45) is 17.1 Å². The molecule has 5 N–H and O–H groups in total. The quantitative estimate of drug-likeness (QED) is 0.0477. The number of hydrogen-bond donors (Lipinski definition) is 4. The molecule has 2 heterocycles. The van der Waals surface area contributed by atoms with E-state index < -0.39 is 41.0 Å². The van der Waals surface area contributed by atoms with Crippen LogP contribution in [0.4, 0.5) is 8.78 Å². The molecular formula is C50H70F2N6O11S. The molecule has 1 aliphatic heterocycles. The SMILES string of the molecule is CC1CC(=O)N(CCC(=O)NCCOCCOCCOCCOCCC(=O)NC(CCSCC(=O)N(CCCN)[C@@H](c2cc(-c3cc(F)ccc3F)cn2Cc2ccccc2)C(C)(C)C)C(=O)O)C1=O. The Morgan fingerprint density at radius 3 is 2.17 bits per heavy atom. The number of nitrogens with two attached hydrogens (primary N) is 1. The Kier molecular flexibility index (Phi) is 24.4. The Balaban J connectivity index is 1.14. The predicted octanol–water partition coefficient (Wildman–Crippen LogP) is 4.80. The summed E-state index contributed by atoms with van der Waals surface area (Å²) in [5, 5.41) is 15.1. The minimum absolute atomic E-state index is 0.0267. The first-order chi connectivity index (χ1) is 33.5. The highest BCUT2D eigenvalue weighted by Crippen LogP contribution is 2.41. The molecule has 1 saturated heterocycles. The minimum Gasteiger partial charge on any atom is -0.480 e. The summed E-state index contributed by atoms with van der Waals surface area (Å²) in [6, 6.07) is 13.2. The van der Waals surface area contributed by atoms with E-state index in [0.717, 1.165) is 34.4 Å². The minimum atomic E-state index is -1.20. The summed E-state index contributed by atoms with van der Waals surface area (Å²) in [6.45, 7) is 11.2. The molecule has 4 rings (SSSR count). The maximum atomic E-state index is 15.1. The number of carbonyl (C=O) groups excluding carboxylic acids is 5. The first-order valence-electron chi connectivity index (χ1n) is 23.7. The second kappa shape index (κ2) is 29.8. The van der Waals surface area contributed by atoms with Crippen LogP contribution in [0.3, 0.4) is 0 Å². The molecule has 386 valence electrons. The molecule has 17 nitrogen and oxygen atoms in total. The smallest absolute Gasteiger partial charge is 0.326 e. The number of ether oxygens (including phenoxy) is 4. The summed E-state index contributed by atoms with van der Waals surface area (Å²) in [5.41, 5.74) is 7.72. The number of aromatic nitrogens is 1. The van der Waals surface area contributed by atoms with Crippen molar-refractivity contribution in [1.29, 1.82) is 0 Å². The summed E-state index contributed by atoms with van der Waals surface area (Å²) in [7, 11) is 0. The number of hydrogen-bond acceptors (Lipinski definition) is 12. The van der Waals surface area contributed by atoms with E-state index in [4.69, 9.17) is 24.7 Å². The zero-order valence-electron chi connectivity index (χ0n) is 40.8. The monoisotopic (exact) mass is 1000 g/mol. The van der Waals surface area contributed by atoms with Gasteiger partial charge in [0, 0.05) is 74.4 Å². The van der Waals surface area contributed by atoms with Crippen molar-refractivity contribution in [2.75, 3.05) is 90.5 Å². The molecule has 2 unspecified atom stereocenters. The van der Waals surface area contributed by atoms with Crippen LogP contribution in [-0.4, -0.2) is 152 Å². The zero-order valence-corrected chi connectivity index (χ0v) is 41.6. The molecule has 3 atom stereocenters. The summed E-state index contributed by atoms with van der Waals surface area (Å²) in [5.74, 6) is -3.85. The number of amides is 5. The number of carbonyl (C=O) groups is 6. The molecule has 5 amide bonds. The van der Waals surface area contributed by atoms with Gasteiger partial charge in [-0.1, -0.05) is 58.0 Å². The number of benzene rings is 2. The second-order valence-corrected chi connectivity index (χ2v) is 19.1. The van der Waals surface area contributed by atoms with E-state index in [1.807, 2.05) is 61.7 Å². The van der Waals surface area contributed by atoms with Gasteiger partial charge >= 0.3 is 5.97 Å². The van der Waals surface area contributed by atoms with Crippen LogP contribution in [0.1, 0.15) is 77.1 Å². The molecule has 0 bridgehead atoms. The van der Waals surface area contributed by atoms with Crippen molar-refractivity contribution >= 4 is 47.3 Å². The number of nitrogens with zero attached hydrogens (tertiary/aromatic N) is 3. The van der Waals surface area contributed by atoms with Crippen LogP contribution >= 0.6 is 11.8 Å². The molecule has 1 aromatic heterocycles. The molecule has 0 saturated carbocycles. The van der Waals surface area contributed by atoms with Gasteiger partial charge in [-0.05, 0) is 60.4 Å². The largest absolute Gasteiger partial charge is 0.480 e. The maximum absolute atomic E-state index is 15.1. The topological polar surface area (TPSA) is 221 Å². The fraction of sp³-hybridized carbons (Fsp3) is 0.560. The first kappa shape index (κ1) is 57.3. The van der Waals surface area contributed by atoms with Crippen LogP contribution in [0, 0.1) is 23.0 Å². The van der Waals surface area contributed by atoms with E-state index in [9.17, 15) is 38.3 Å². The Bertz CT molecular complexity index is 2160. The highest BCUT2D eigenvalue weighted by molar-refractivity contribution is 7.99. The van der Waals surface area contributed by atoms with Crippen molar-refractivity contribution in [1.82, 2.24) is 25.0 Å². The highest BCUT2D eigenvalue weighted by atomic mass is 32.2. The number of aliphatic carboxylic acids is 1. The van der Waals surface area contributed by atoms with Crippen molar-refractivity contribution in [3.8, 4) is 11.1 Å². The molecule has 1 aliphatic rings. The van der Waals surface area contributed by atoms with Gasteiger partial charge in [0.05, 0.1) is 64.6 Å². The fourth-order valence-corrected chi connectivity index (χ4v) is 8.70. The highest BCUT2D eigenvalue weighted by Gasteiger charge is 2.38. The van der Waals surface area contributed by atoms with Gasteiger partial charge < -0.3 is 49.9 Å². The number of rotatable bonds is 33. The van der Waals surface area contributed by atoms with Crippen molar-refractivity contribution < 1.29 is 61.6 Å². The second-order valence-electron chi connectivity index (χ2n) is 18.0. The molecule has 0 spiro atoms. The van der Waals surface area contributed by atoms with Gasteiger partial charge in [-0.3, -0.25) is 28.9 Å². The van der Waals surface area contributed by atoms with E-state index >= 15 is 4.39 Å².